The molecule has 2 N–H and O–H groups in total. The van der Waals surface area contributed by atoms with Gasteiger partial charge in [-0.05, 0) is 76.1 Å². The molecule has 1 aliphatic carbocycles. The Kier molecular flexibility index (Phi) is 8.03. The quantitative estimate of drug-likeness (QED) is 0.559. The van der Waals surface area contributed by atoms with Crippen molar-refractivity contribution in [3.8, 4) is 0 Å². The lowest BCUT2D eigenvalue weighted by Crippen LogP contribution is -2.44. The van der Waals surface area contributed by atoms with Gasteiger partial charge in [-0.15, -0.1) is 0 Å². The van der Waals surface area contributed by atoms with E-state index in [0.29, 0.717) is 19.0 Å². The Balaban J connectivity index is 1.28. The molecule has 0 radical (unpaired) electrons. The van der Waals surface area contributed by atoms with Gasteiger partial charge in [0.05, 0.1) is 5.69 Å². The summed E-state index contributed by atoms with van der Waals surface area (Å²) in [5.41, 5.74) is 2.50. The number of nitrogens with one attached hydrogen (secondary N) is 2. The monoisotopic (exact) mass is 384 g/mol. The third kappa shape index (κ3) is 6.75. The highest BCUT2D eigenvalue weighted by Gasteiger charge is 2.21. The highest BCUT2D eigenvalue weighted by Crippen LogP contribution is 2.19. The van der Waals surface area contributed by atoms with Gasteiger partial charge in [-0.1, -0.05) is 17.7 Å². The van der Waals surface area contributed by atoms with Gasteiger partial charge in [-0.2, -0.15) is 0 Å². The first kappa shape index (κ1) is 20.5. The summed E-state index contributed by atoms with van der Waals surface area (Å²) in [5.74, 6) is -0.582. The summed E-state index contributed by atoms with van der Waals surface area (Å²) >= 11 is 0. The van der Waals surface area contributed by atoms with Crippen LogP contribution in [0.15, 0.2) is 36.0 Å². The van der Waals surface area contributed by atoms with E-state index in [-0.39, 0.29) is 0 Å². The molecule has 3 rings (SSSR count). The first-order valence-electron chi connectivity index (χ1n) is 10.6. The van der Waals surface area contributed by atoms with E-state index in [1.807, 2.05) is 18.3 Å². The van der Waals surface area contributed by atoms with Gasteiger partial charge in [0.2, 0.25) is 0 Å². The second-order valence-electron chi connectivity index (χ2n) is 7.86. The predicted octanol–water partition coefficient (Wildman–Crippen LogP) is 2.42. The molecule has 1 aromatic heterocycles. The number of carbonyl (C=O) groups is 2. The van der Waals surface area contributed by atoms with Crippen molar-refractivity contribution in [2.75, 3.05) is 26.2 Å². The smallest absolute Gasteiger partial charge is 0.309 e. The lowest BCUT2D eigenvalue weighted by Gasteiger charge is -2.31. The topological polar surface area (TPSA) is 74.3 Å². The van der Waals surface area contributed by atoms with Crippen molar-refractivity contribution >= 4 is 11.8 Å². The summed E-state index contributed by atoms with van der Waals surface area (Å²) in [6, 6.07) is 6.00. The summed E-state index contributed by atoms with van der Waals surface area (Å²) in [6.07, 6.45) is 11.8. The average molecular weight is 385 g/mol. The maximum absolute atomic E-state index is 12.0. The maximum atomic E-state index is 12.0. The van der Waals surface area contributed by atoms with E-state index >= 15 is 0 Å². The van der Waals surface area contributed by atoms with Gasteiger partial charge < -0.3 is 10.6 Å². The molecule has 0 saturated carbocycles. The number of nitrogens with zero attached hydrogens (tertiary/aromatic N) is 2. The van der Waals surface area contributed by atoms with Crippen LogP contribution in [0.1, 0.15) is 50.6 Å². The number of rotatable bonds is 7. The van der Waals surface area contributed by atoms with Gasteiger partial charge in [-0.3, -0.25) is 19.5 Å². The van der Waals surface area contributed by atoms with Crippen molar-refractivity contribution in [3.05, 3.63) is 41.7 Å². The number of likely N-dealkylation sites (tertiary alicyclic amines) is 1. The zero-order valence-corrected chi connectivity index (χ0v) is 16.7. The standard InChI is InChI=1S/C22H32N4O2/c27-21(24-13-9-18-6-2-1-3-7-18)22(28)25-16-19-10-14-26(15-11-19)17-20-8-4-5-12-23-20/h4-6,8,12,19H,1-3,7,9-11,13-17H2,(H,24,27)(H,25,28). The minimum atomic E-state index is -0.510. The van der Waals surface area contributed by atoms with Gasteiger partial charge in [0.25, 0.3) is 0 Å². The molecule has 1 aromatic rings. The number of aromatic nitrogens is 1. The second kappa shape index (κ2) is 11.0. The number of amides is 2. The number of hydrogen-bond donors (Lipinski definition) is 2. The Morgan fingerprint density at radius 1 is 1.11 bits per heavy atom. The van der Waals surface area contributed by atoms with Crippen LogP contribution < -0.4 is 10.6 Å². The van der Waals surface area contributed by atoms with E-state index in [9.17, 15) is 9.59 Å². The normalized spacial score (nSPS) is 18.4. The SMILES string of the molecule is O=C(NCCC1=CCCCC1)C(=O)NCC1CCN(Cc2ccccn2)CC1. The Morgan fingerprint density at radius 3 is 2.64 bits per heavy atom. The number of allylic oxidation sites excluding steroid dienone is 1. The minimum absolute atomic E-state index is 0.434. The van der Waals surface area contributed by atoms with Crippen LogP contribution in [0, 0.1) is 5.92 Å². The van der Waals surface area contributed by atoms with Crippen LogP contribution in [0.4, 0.5) is 0 Å². The van der Waals surface area contributed by atoms with Crippen molar-refractivity contribution in [3.63, 3.8) is 0 Å². The molecular formula is C22H32N4O2. The van der Waals surface area contributed by atoms with Crippen molar-refractivity contribution in [1.82, 2.24) is 20.5 Å². The Labute approximate surface area is 167 Å². The molecule has 2 amide bonds. The first-order valence-corrected chi connectivity index (χ1v) is 10.6. The molecule has 0 unspecified atom stereocenters. The van der Waals surface area contributed by atoms with Crippen molar-refractivity contribution in [1.29, 1.82) is 0 Å². The predicted molar refractivity (Wildman–Crippen MR) is 109 cm³/mol. The molecule has 1 fully saturated rings. The fourth-order valence-electron chi connectivity index (χ4n) is 3.94. The molecule has 2 heterocycles. The first-order chi connectivity index (χ1) is 13.7. The van der Waals surface area contributed by atoms with Crippen molar-refractivity contribution in [2.24, 2.45) is 5.92 Å². The van der Waals surface area contributed by atoms with Crippen LogP contribution in [0.5, 0.6) is 0 Å². The molecule has 0 atom stereocenters. The van der Waals surface area contributed by atoms with E-state index in [0.717, 1.165) is 57.4 Å². The van der Waals surface area contributed by atoms with E-state index < -0.39 is 11.8 Å². The largest absolute Gasteiger partial charge is 0.348 e. The molecule has 0 aromatic carbocycles. The summed E-state index contributed by atoms with van der Waals surface area (Å²) in [7, 11) is 0. The molecule has 28 heavy (non-hydrogen) atoms. The number of carbonyl (C=O) groups excluding carboxylic acids is 2. The van der Waals surface area contributed by atoms with Crippen molar-refractivity contribution < 1.29 is 9.59 Å². The second-order valence-corrected chi connectivity index (χ2v) is 7.86. The molecule has 0 spiro atoms. The number of hydrogen-bond acceptors (Lipinski definition) is 4. The van der Waals surface area contributed by atoms with Crippen LogP contribution in [0.3, 0.4) is 0 Å². The molecule has 2 aliphatic rings. The van der Waals surface area contributed by atoms with Crippen LogP contribution in [-0.2, 0) is 16.1 Å². The van der Waals surface area contributed by atoms with Gasteiger partial charge in [0, 0.05) is 25.8 Å². The molecule has 1 aliphatic heterocycles. The molecule has 6 nitrogen and oxygen atoms in total. The summed E-state index contributed by atoms with van der Waals surface area (Å²) in [4.78, 5) is 30.7. The zero-order chi connectivity index (χ0) is 19.6. The Hall–Kier alpha value is -2.21. The highest BCUT2D eigenvalue weighted by atomic mass is 16.2. The van der Waals surface area contributed by atoms with Crippen molar-refractivity contribution in [2.45, 2.75) is 51.5 Å². The number of pyridine rings is 1. The van der Waals surface area contributed by atoms with E-state index in [1.54, 1.807) is 0 Å². The van der Waals surface area contributed by atoms with Crippen LogP contribution in [0.25, 0.3) is 0 Å². The Bertz CT molecular complexity index is 666. The van der Waals surface area contributed by atoms with Gasteiger partial charge in [0.15, 0.2) is 0 Å². The third-order valence-corrected chi connectivity index (χ3v) is 5.69. The molecule has 1 saturated heterocycles. The highest BCUT2D eigenvalue weighted by molar-refractivity contribution is 6.35. The van der Waals surface area contributed by atoms with Gasteiger partial charge in [0.1, 0.15) is 0 Å². The lowest BCUT2D eigenvalue weighted by molar-refractivity contribution is -0.139. The average Bonchev–Trinajstić information content (AvgIpc) is 2.74. The van der Waals surface area contributed by atoms with E-state index in [2.05, 4.69) is 32.7 Å². The van der Waals surface area contributed by atoms with Crippen LogP contribution in [-0.4, -0.2) is 47.9 Å². The van der Waals surface area contributed by atoms with Crippen LogP contribution in [0.2, 0.25) is 0 Å². The molecular weight excluding hydrogens is 352 g/mol. The number of piperidine rings is 1. The minimum Gasteiger partial charge on any atom is -0.348 e. The maximum Gasteiger partial charge on any atom is 0.309 e. The fourth-order valence-corrected chi connectivity index (χ4v) is 3.94. The fraction of sp³-hybridized carbons (Fsp3) is 0.591. The molecule has 0 bridgehead atoms. The van der Waals surface area contributed by atoms with Gasteiger partial charge in [-0.25, -0.2) is 0 Å². The van der Waals surface area contributed by atoms with E-state index in [1.165, 1.54) is 18.4 Å². The Morgan fingerprint density at radius 2 is 1.93 bits per heavy atom. The van der Waals surface area contributed by atoms with E-state index in [4.69, 9.17) is 0 Å². The summed E-state index contributed by atoms with van der Waals surface area (Å²) in [6.45, 7) is 3.99. The zero-order valence-electron chi connectivity index (χ0n) is 16.7. The summed E-state index contributed by atoms with van der Waals surface area (Å²) in [5, 5.41) is 5.55. The lowest BCUT2D eigenvalue weighted by atomic mass is 9.96. The molecule has 152 valence electrons. The molecule has 6 heteroatoms. The third-order valence-electron chi connectivity index (χ3n) is 5.69. The van der Waals surface area contributed by atoms with Crippen LogP contribution >= 0.6 is 0 Å². The summed E-state index contributed by atoms with van der Waals surface area (Å²) < 4.78 is 0. The van der Waals surface area contributed by atoms with Gasteiger partial charge >= 0.3 is 11.8 Å².